The minimum Gasteiger partial charge on any atom is -0.453 e. The molecule has 2 atom stereocenters. The summed E-state index contributed by atoms with van der Waals surface area (Å²) in [6, 6.07) is -0.308. The molecule has 5 nitrogen and oxygen atoms in total. The van der Waals surface area contributed by atoms with Gasteiger partial charge in [0.1, 0.15) is 0 Å². The van der Waals surface area contributed by atoms with Crippen LogP contribution in [-0.2, 0) is 14.6 Å². The molecular weight excluding hydrogens is 194 g/mol. The van der Waals surface area contributed by atoms with Crippen LogP contribution in [0, 0.1) is 5.92 Å². The van der Waals surface area contributed by atoms with E-state index in [0.717, 1.165) is 0 Å². The Morgan fingerprint density at radius 2 is 2.08 bits per heavy atom. The first kappa shape index (κ1) is 10.3. The molecule has 1 amide bonds. The summed E-state index contributed by atoms with van der Waals surface area (Å²) >= 11 is 0. The van der Waals surface area contributed by atoms with Crippen molar-refractivity contribution >= 4 is 15.9 Å². The lowest BCUT2D eigenvalue weighted by atomic mass is 10.1. The molecule has 0 aromatic heterocycles. The van der Waals surface area contributed by atoms with E-state index in [-0.39, 0.29) is 23.5 Å². The minimum atomic E-state index is -2.97. The van der Waals surface area contributed by atoms with E-state index in [4.69, 9.17) is 0 Å². The van der Waals surface area contributed by atoms with E-state index in [2.05, 4.69) is 10.1 Å². The highest BCUT2D eigenvalue weighted by molar-refractivity contribution is 7.91. The average molecular weight is 207 g/mol. The Labute approximate surface area is 77.4 Å². The van der Waals surface area contributed by atoms with Gasteiger partial charge in [0, 0.05) is 6.04 Å². The molecule has 0 saturated carbocycles. The van der Waals surface area contributed by atoms with Gasteiger partial charge in [-0.2, -0.15) is 0 Å². The fraction of sp³-hybridized carbons (Fsp3) is 0.857. The van der Waals surface area contributed by atoms with Crippen LogP contribution in [0.1, 0.15) is 6.92 Å². The number of carbonyl (C=O) groups excluding carboxylic acids is 1. The SMILES string of the molecule is COC(=O)N[C@@H]1CS(=O)(=O)C[C@H]1C. The summed E-state index contributed by atoms with van der Waals surface area (Å²) in [6.45, 7) is 1.80. The first-order valence-corrected chi connectivity index (χ1v) is 5.81. The van der Waals surface area contributed by atoms with E-state index < -0.39 is 15.9 Å². The highest BCUT2D eigenvalue weighted by atomic mass is 32.2. The van der Waals surface area contributed by atoms with Crippen molar-refractivity contribution in [1.82, 2.24) is 5.32 Å². The average Bonchev–Trinajstić information content (AvgIpc) is 2.24. The lowest BCUT2D eigenvalue weighted by Gasteiger charge is -2.13. The molecule has 1 rings (SSSR count). The standard InChI is InChI=1S/C7H13NO4S/c1-5-3-13(10,11)4-6(5)8-7(9)12-2/h5-6H,3-4H2,1-2H3,(H,8,9)/t5-,6-/m1/s1. The number of hydrogen-bond acceptors (Lipinski definition) is 4. The zero-order valence-electron chi connectivity index (χ0n) is 7.61. The molecule has 0 spiro atoms. The van der Waals surface area contributed by atoms with Crippen molar-refractivity contribution in [2.24, 2.45) is 5.92 Å². The Morgan fingerprint density at radius 1 is 1.46 bits per heavy atom. The van der Waals surface area contributed by atoms with Crippen LogP contribution in [0.15, 0.2) is 0 Å². The number of nitrogens with one attached hydrogen (secondary N) is 1. The predicted molar refractivity (Wildman–Crippen MR) is 47.1 cm³/mol. The number of alkyl carbamates (subject to hydrolysis) is 1. The molecule has 76 valence electrons. The first-order valence-electron chi connectivity index (χ1n) is 3.99. The Balaban J connectivity index is 2.59. The second-order valence-corrected chi connectivity index (χ2v) is 5.45. The monoisotopic (exact) mass is 207 g/mol. The summed E-state index contributed by atoms with van der Waals surface area (Å²) in [6.07, 6.45) is -0.575. The van der Waals surface area contributed by atoms with Crippen LogP contribution in [-0.4, -0.2) is 39.2 Å². The van der Waals surface area contributed by atoms with Crippen molar-refractivity contribution in [2.75, 3.05) is 18.6 Å². The number of carbonyl (C=O) groups is 1. The number of rotatable bonds is 1. The van der Waals surface area contributed by atoms with Crippen LogP contribution in [0.2, 0.25) is 0 Å². The summed E-state index contributed by atoms with van der Waals surface area (Å²) in [7, 11) is -1.72. The molecule has 1 fully saturated rings. The van der Waals surface area contributed by atoms with E-state index in [1.54, 1.807) is 6.92 Å². The Kier molecular flexibility index (Phi) is 2.80. The topological polar surface area (TPSA) is 72.5 Å². The molecule has 0 radical (unpaired) electrons. The molecule has 13 heavy (non-hydrogen) atoms. The second-order valence-electron chi connectivity index (χ2n) is 3.30. The van der Waals surface area contributed by atoms with Gasteiger partial charge >= 0.3 is 6.09 Å². The van der Waals surface area contributed by atoms with Gasteiger partial charge in [0.05, 0.1) is 18.6 Å². The maximum Gasteiger partial charge on any atom is 0.407 e. The molecule has 0 aromatic carbocycles. The molecular formula is C7H13NO4S. The van der Waals surface area contributed by atoms with Gasteiger partial charge < -0.3 is 10.1 Å². The van der Waals surface area contributed by atoms with E-state index in [9.17, 15) is 13.2 Å². The van der Waals surface area contributed by atoms with Crippen molar-refractivity contribution in [3.05, 3.63) is 0 Å². The molecule has 6 heteroatoms. The molecule has 0 aromatic rings. The second kappa shape index (κ2) is 3.53. The first-order chi connectivity index (χ1) is 5.94. The zero-order chi connectivity index (χ0) is 10.1. The maximum atomic E-state index is 11.1. The van der Waals surface area contributed by atoms with Crippen LogP contribution in [0.4, 0.5) is 4.79 Å². The Bertz CT molecular complexity index is 298. The van der Waals surface area contributed by atoms with Crippen LogP contribution in [0.25, 0.3) is 0 Å². The lowest BCUT2D eigenvalue weighted by Crippen LogP contribution is -2.39. The van der Waals surface area contributed by atoms with Crippen LogP contribution < -0.4 is 5.32 Å². The highest BCUT2D eigenvalue weighted by Crippen LogP contribution is 2.18. The van der Waals surface area contributed by atoms with E-state index in [1.807, 2.05) is 0 Å². The van der Waals surface area contributed by atoms with E-state index in [1.165, 1.54) is 7.11 Å². The predicted octanol–water partition coefficient (Wildman–Crippen LogP) is -0.224. The third-order valence-corrected chi connectivity index (χ3v) is 4.03. The summed E-state index contributed by atoms with van der Waals surface area (Å²) in [5, 5.41) is 2.49. The number of amides is 1. The number of methoxy groups -OCH3 is 1. The van der Waals surface area contributed by atoms with Gasteiger partial charge in [-0.1, -0.05) is 6.92 Å². The zero-order valence-corrected chi connectivity index (χ0v) is 8.43. The normalized spacial score (nSPS) is 31.2. The molecule has 0 unspecified atom stereocenters. The van der Waals surface area contributed by atoms with Gasteiger partial charge in [0.25, 0.3) is 0 Å². The molecule has 0 bridgehead atoms. The van der Waals surface area contributed by atoms with Crippen molar-refractivity contribution in [3.63, 3.8) is 0 Å². The fourth-order valence-electron chi connectivity index (χ4n) is 1.42. The highest BCUT2D eigenvalue weighted by Gasteiger charge is 2.35. The summed E-state index contributed by atoms with van der Waals surface area (Å²) in [4.78, 5) is 10.8. The quantitative estimate of drug-likeness (QED) is 0.645. The number of ether oxygens (including phenoxy) is 1. The lowest BCUT2D eigenvalue weighted by molar-refractivity contribution is 0.165. The Hall–Kier alpha value is -0.780. The van der Waals surface area contributed by atoms with Gasteiger partial charge in [0.15, 0.2) is 9.84 Å². The third-order valence-electron chi connectivity index (χ3n) is 2.13. The van der Waals surface area contributed by atoms with E-state index >= 15 is 0 Å². The molecule has 1 aliphatic rings. The van der Waals surface area contributed by atoms with E-state index in [0.29, 0.717) is 0 Å². The van der Waals surface area contributed by atoms with Gasteiger partial charge in [-0.25, -0.2) is 13.2 Å². The largest absolute Gasteiger partial charge is 0.453 e. The molecule has 1 heterocycles. The van der Waals surface area contributed by atoms with Crippen LogP contribution in [0.5, 0.6) is 0 Å². The number of sulfone groups is 1. The molecule has 1 aliphatic heterocycles. The Morgan fingerprint density at radius 3 is 2.46 bits per heavy atom. The van der Waals surface area contributed by atoms with Crippen LogP contribution in [0.3, 0.4) is 0 Å². The fourth-order valence-corrected chi connectivity index (χ4v) is 3.55. The van der Waals surface area contributed by atoms with Gasteiger partial charge in [-0.3, -0.25) is 0 Å². The molecule has 1 saturated heterocycles. The summed E-state index contributed by atoms with van der Waals surface area (Å²) in [5.74, 6) is 0.120. The summed E-state index contributed by atoms with van der Waals surface area (Å²) in [5.41, 5.74) is 0. The number of hydrogen-bond donors (Lipinski definition) is 1. The molecule has 0 aliphatic carbocycles. The minimum absolute atomic E-state index is 0.0171. The van der Waals surface area contributed by atoms with Crippen molar-refractivity contribution in [2.45, 2.75) is 13.0 Å². The van der Waals surface area contributed by atoms with Crippen molar-refractivity contribution in [3.8, 4) is 0 Å². The van der Waals surface area contributed by atoms with Crippen molar-refractivity contribution in [1.29, 1.82) is 0 Å². The van der Waals surface area contributed by atoms with Gasteiger partial charge in [-0.05, 0) is 5.92 Å². The van der Waals surface area contributed by atoms with Crippen molar-refractivity contribution < 1.29 is 17.9 Å². The summed E-state index contributed by atoms with van der Waals surface area (Å²) < 4.78 is 26.6. The smallest absolute Gasteiger partial charge is 0.407 e. The third kappa shape index (κ3) is 2.58. The van der Waals surface area contributed by atoms with Gasteiger partial charge in [-0.15, -0.1) is 0 Å². The van der Waals surface area contributed by atoms with Gasteiger partial charge in [0.2, 0.25) is 0 Å². The van der Waals surface area contributed by atoms with Crippen LogP contribution >= 0.6 is 0 Å². The molecule has 1 N–H and O–H groups in total. The maximum absolute atomic E-state index is 11.1.